The van der Waals surface area contributed by atoms with E-state index < -0.39 is 0 Å². The van der Waals surface area contributed by atoms with E-state index in [1.807, 2.05) is 35.7 Å². The topological polar surface area (TPSA) is 64.0 Å². The summed E-state index contributed by atoms with van der Waals surface area (Å²) in [5.74, 6) is -0.575. The number of hydrogen-bond donors (Lipinski definition) is 1. The highest BCUT2D eigenvalue weighted by Gasteiger charge is 2.17. The van der Waals surface area contributed by atoms with Crippen LogP contribution >= 0.6 is 23.1 Å². The van der Waals surface area contributed by atoms with Gasteiger partial charge in [-0.3, -0.25) is 14.2 Å². The number of nitrogens with zero attached hydrogens (tertiary/aromatic N) is 2. The number of halogens is 1. The molecule has 0 spiro atoms. The molecule has 32 heavy (non-hydrogen) atoms. The Morgan fingerprint density at radius 3 is 2.69 bits per heavy atom. The summed E-state index contributed by atoms with van der Waals surface area (Å²) in [7, 11) is 0. The number of rotatable bonds is 8. The van der Waals surface area contributed by atoms with Gasteiger partial charge >= 0.3 is 0 Å². The molecule has 0 aliphatic heterocycles. The second-order valence-corrected chi connectivity index (χ2v) is 8.75. The van der Waals surface area contributed by atoms with Gasteiger partial charge in [-0.15, -0.1) is 17.9 Å². The first-order valence-electron chi connectivity index (χ1n) is 9.89. The van der Waals surface area contributed by atoms with Crippen molar-refractivity contribution >= 4 is 39.2 Å². The van der Waals surface area contributed by atoms with Gasteiger partial charge in [0.15, 0.2) is 5.16 Å². The van der Waals surface area contributed by atoms with E-state index in [4.69, 9.17) is 0 Å². The van der Waals surface area contributed by atoms with Gasteiger partial charge in [0.25, 0.3) is 5.56 Å². The monoisotopic (exact) mass is 465 g/mol. The number of hydrogen-bond acceptors (Lipinski definition) is 5. The van der Waals surface area contributed by atoms with E-state index in [0.29, 0.717) is 20.9 Å². The molecule has 0 saturated heterocycles. The predicted octanol–water partition coefficient (Wildman–Crippen LogP) is 4.86. The maximum absolute atomic E-state index is 13.7. The Morgan fingerprint density at radius 1 is 1.19 bits per heavy atom. The second-order valence-electron chi connectivity index (χ2n) is 6.95. The largest absolute Gasteiger partial charge is 0.351 e. The molecule has 0 atom stereocenters. The lowest BCUT2D eigenvalue weighted by atomic mass is 10.1. The number of thioether (sulfide) groups is 1. The predicted molar refractivity (Wildman–Crippen MR) is 128 cm³/mol. The summed E-state index contributed by atoms with van der Waals surface area (Å²) in [4.78, 5) is 30.9. The van der Waals surface area contributed by atoms with Gasteiger partial charge in [-0.2, -0.15) is 0 Å². The molecule has 4 rings (SSSR count). The number of fused-ring (bicyclic) bond motifs is 1. The number of allylic oxidation sites excluding steroid dienone is 1. The smallest absolute Gasteiger partial charge is 0.263 e. The Hall–Kier alpha value is -3.23. The molecule has 2 aromatic carbocycles. The van der Waals surface area contributed by atoms with Gasteiger partial charge in [0.2, 0.25) is 5.91 Å². The number of thiophene rings is 1. The first-order valence-corrected chi connectivity index (χ1v) is 11.8. The Morgan fingerprint density at radius 2 is 1.94 bits per heavy atom. The lowest BCUT2D eigenvalue weighted by molar-refractivity contribution is -0.118. The van der Waals surface area contributed by atoms with Crippen LogP contribution in [0, 0.1) is 5.82 Å². The van der Waals surface area contributed by atoms with Crippen LogP contribution in [0.4, 0.5) is 4.39 Å². The number of nitrogens with one attached hydrogen (secondary N) is 1. The van der Waals surface area contributed by atoms with Gasteiger partial charge < -0.3 is 5.32 Å². The maximum Gasteiger partial charge on any atom is 0.263 e. The average Bonchev–Trinajstić information content (AvgIpc) is 3.24. The lowest BCUT2D eigenvalue weighted by Gasteiger charge is -2.11. The third-order valence-corrected chi connectivity index (χ3v) is 6.67. The molecule has 0 aliphatic rings. The van der Waals surface area contributed by atoms with Crippen LogP contribution < -0.4 is 10.9 Å². The molecular formula is C24H20FN3O2S2. The zero-order chi connectivity index (χ0) is 22.5. The van der Waals surface area contributed by atoms with Crippen LogP contribution in [0.2, 0.25) is 0 Å². The number of amides is 1. The molecule has 0 aliphatic carbocycles. The van der Waals surface area contributed by atoms with E-state index in [-0.39, 0.29) is 36.1 Å². The number of aromatic nitrogens is 2. The van der Waals surface area contributed by atoms with Gasteiger partial charge in [0.1, 0.15) is 10.6 Å². The van der Waals surface area contributed by atoms with Crippen molar-refractivity contribution in [3.63, 3.8) is 0 Å². The molecule has 5 nitrogen and oxygen atoms in total. The molecule has 1 N–H and O–H groups in total. The van der Waals surface area contributed by atoms with Gasteiger partial charge in [-0.25, -0.2) is 9.37 Å². The van der Waals surface area contributed by atoms with Crippen LogP contribution in [0.25, 0.3) is 21.3 Å². The molecule has 0 radical (unpaired) electrons. The van der Waals surface area contributed by atoms with E-state index >= 15 is 0 Å². The van der Waals surface area contributed by atoms with Crippen molar-refractivity contribution in [2.24, 2.45) is 0 Å². The summed E-state index contributed by atoms with van der Waals surface area (Å²) in [5.41, 5.74) is 2.06. The summed E-state index contributed by atoms with van der Waals surface area (Å²) in [6.45, 7) is 4.13. The standard InChI is InChI=1S/C24H20FN3O2S2/c1-2-12-28-23(30)21-18(16-8-4-3-5-9-16)14-31-22(21)27-24(28)32-15-20(29)26-13-17-10-6-7-11-19(17)25/h2-11,14H,1,12-13,15H2,(H,26,29). The summed E-state index contributed by atoms with van der Waals surface area (Å²) in [6.07, 6.45) is 1.63. The van der Waals surface area contributed by atoms with Gasteiger partial charge in [0.05, 0.1) is 11.1 Å². The van der Waals surface area contributed by atoms with Crippen LogP contribution in [0.3, 0.4) is 0 Å². The molecule has 162 valence electrons. The first-order chi connectivity index (χ1) is 15.6. The molecular weight excluding hydrogens is 445 g/mol. The quantitative estimate of drug-likeness (QED) is 0.229. The van der Waals surface area contributed by atoms with Crippen LogP contribution in [-0.4, -0.2) is 21.2 Å². The van der Waals surface area contributed by atoms with Crippen LogP contribution in [0.5, 0.6) is 0 Å². The minimum Gasteiger partial charge on any atom is -0.351 e. The third-order valence-electron chi connectivity index (χ3n) is 4.82. The molecule has 2 aromatic heterocycles. The Kier molecular flexibility index (Phi) is 6.82. The number of carbonyl (C=O) groups is 1. The molecule has 0 bridgehead atoms. The average molecular weight is 466 g/mol. The molecule has 4 aromatic rings. The van der Waals surface area contributed by atoms with Crippen molar-refractivity contribution in [2.45, 2.75) is 18.2 Å². The van der Waals surface area contributed by atoms with Gasteiger partial charge in [0, 0.05) is 29.6 Å². The van der Waals surface area contributed by atoms with Gasteiger partial charge in [-0.1, -0.05) is 66.4 Å². The highest BCUT2D eigenvalue weighted by Crippen LogP contribution is 2.32. The Balaban J connectivity index is 1.56. The molecule has 8 heteroatoms. The van der Waals surface area contributed by atoms with Crippen molar-refractivity contribution in [1.29, 1.82) is 0 Å². The first kappa shape index (κ1) is 22.0. The third kappa shape index (κ3) is 4.66. The van der Waals surface area contributed by atoms with Crippen LogP contribution in [0.1, 0.15) is 5.56 Å². The van der Waals surface area contributed by atoms with Crippen molar-refractivity contribution in [1.82, 2.24) is 14.9 Å². The van der Waals surface area contributed by atoms with Crippen molar-refractivity contribution in [3.8, 4) is 11.1 Å². The Bertz CT molecular complexity index is 1330. The summed E-state index contributed by atoms with van der Waals surface area (Å²) >= 11 is 2.57. The maximum atomic E-state index is 13.7. The fraction of sp³-hybridized carbons (Fsp3) is 0.125. The zero-order valence-electron chi connectivity index (χ0n) is 17.1. The number of benzene rings is 2. The van der Waals surface area contributed by atoms with Crippen molar-refractivity contribution < 1.29 is 9.18 Å². The van der Waals surface area contributed by atoms with E-state index in [1.165, 1.54) is 33.7 Å². The summed E-state index contributed by atoms with van der Waals surface area (Å²) < 4.78 is 15.3. The Labute approximate surface area is 192 Å². The SMILES string of the molecule is C=CCn1c(SCC(=O)NCc2ccccc2F)nc2scc(-c3ccccc3)c2c1=O. The fourth-order valence-corrected chi connectivity index (χ4v) is 5.08. The molecule has 0 fully saturated rings. The van der Waals surface area contributed by atoms with Gasteiger partial charge in [-0.05, 0) is 11.6 Å². The number of carbonyl (C=O) groups excluding carboxylic acids is 1. The van der Waals surface area contributed by atoms with E-state index in [1.54, 1.807) is 24.3 Å². The zero-order valence-corrected chi connectivity index (χ0v) is 18.7. The molecule has 2 heterocycles. The van der Waals surface area contributed by atoms with E-state index in [2.05, 4.69) is 16.9 Å². The van der Waals surface area contributed by atoms with E-state index in [0.717, 1.165) is 11.1 Å². The van der Waals surface area contributed by atoms with Crippen molar-refractivity contribution in [3.05, 3.63) is 94.4 Å². The molecule has 0 unspecified atom stereocenters. The highest BCUT2D eigenvalue weighted by atomic mass is 32.2. The lowest BCUT2D eigenvalue weighted by Crippen LogP contribution is -2.26. The summed E-state index contributed by atoms with van der Waals surface area (Å²) in [6, 6.07) is 16.0. The second kappa shape index (κ2) is 9.93. The minimum absolute atomic E-state index is 0.0560. The molecule has 1 amide bonds. The van der Waals surface area contributed by atoms with E-state index in [9.17, 15) is 14.0 Å². The normalized spacial score (nSPS) is 10.9. The minimum atomic E-state index is -0.362. The highest BCUT2D eigenvalue weighted by molar-refractivity contribution is 7.99. The molecule has 0 saturated carbocycles. The summed E-state index contributed by atoms with van der Waals surface area (Å²) in [5, 5.41) is 5.65. The van der Waals surface area contributed by atoms with Crippen molar-refractivity contribution in [2.75, 3.05) is 5.75 Å². The van der Waals surface area contributed by atoms with Crippen LogP contribution in [-0.2, 0) is 17.9 Å². The fourth-order valence-electron chi connectivity index (χ4n) is 3.25. The van der Waals surface area contributed by atoms with Crippen LogP contribution in [0.15, 0.2) is 82.6 Å².